The molecule has 0 radical (unpaired) electrons. The lowest BCUT2D eigenvalue weighted by Crippen LogP contribution is -2.50. The Kier molecular flexibility index (Phi) is 4.83. The van der Waals surface area contributed by atoms with Crippen LogP contribution in [0.15, 0.2) is 0 Å². The third kappa shape index (κ3) is 3.67. The van der Waals surface area contributed by atoms with Gasteiger partial charge in [0.15, 0.2) is 0 Å². The molecule has 0 amide bonds. The molecule has 1 aliphatic carbocycles. The average molecular weight is 239 g/mol. The summed E-state index contributed by atoms with van der Waals surface area (Å²) in [4.78, 5) is 5.29. The van der Waals surface area contributed by atoms with Crippen LogP contribution in [0.25, 0.3) is 0 Å². The zero-order valence-electron chi connectivity index (χ0n) is 11.6. The normalized spacial score (nSPS) is 34.1. The second-order valence-electron chi connectivity index (χ2n) is 6.03. The standard InChI is InChI=1S/C14H29N3/c1-3-12(2)17-8-6-16(7-9-17)11-13-4-5-14(15)10-13/h12-14H,3-11,15H2,1-2H3. The van der Waals surface area contributed by atoms with Crippen LogP contribution in [0.4, 0.5) is 0 Å². The SMILES string of the molecule is CCC(C)N1CCN(CC2CCC(N)C2)CC1. The lowest BCUT2D eigenvalue weighted by atomic mass is 10.1. The molecule has 3 heteroatoms. The van der Waals surface area contributed by atoms with Gasteiger partial charge >= 0.3 is 0 Å². The Morgan fingerprint density at radius 3 is 2.41 bits per heavy atom. The Morgan fingerprint density at radius 2 is 1.88 bits per heavy atom. The van der Waals surface area contributed by atoms with Gasteiger partial charge in [-0.25, -0.2) is 0 Å². The average Bonchev–Trinajstić information content (AvgIpc) is 2.75. The van der Waals surface area contributed by atoms with Crippen molar-refractivity contribution in [3.05, 3.63) is 0 Å². The van der Waals surface area contributed by atoms with Gasteiger partial charge in [-0.1, -0.05) is 6.92 Å². The van der Waals surface area contributed by atoms with Crippen LogP contribution in [0.2, 0.25) is 0 Å². The number of rotatable bonds is 4. The lowest BCUT2D eigenvalue weighted by molar-refractivity contribution is 0.0904. The van der Waals surface area contributed by atoms with Gasteiger partial charge in [0.1, 0.15) is 0 Å². The molecular formula is C14H29N3. The summed E-state index contributed by atoms with van der Waals surface area (Å²) in [6.07, 6.45) is 5.13. The maximum Gasteiger partial charge on any atom is 0.0113 e. The molecule has 3 atom stereocenters. The van der Waals surface area contributed by atoms with E-state index in [4.69, 9.17) is 5.73 Å². The molecule has 2 rings (SSSR count). The molecule has 0 bridgehead atoms. The number of nitrogens with zero attached hydrogens (tertiary/aromatic N) is 2. The maximum atomic E-state index is 5.98. The highest BCUT2D eigenvalue weighted by Gasteiger charge is 2.26. The van der Waals surface area contributed by atoms with Crippen LogP contribution in [-0.4, -0.2) is 54.6 Å². The van der Waals surface area contributed by atoms with Crippen molar-refractivity contribution in [1.82, 2.24) is 9.80 Å². The first-order valence-electron chi connectivity index (χ1n) is 7.41. The zero-order chi connectivity index (χ0) is 12.3. The maximum absolute atomic E-state index is 5.98. The summed E-state index contributed by atoms with van der Waals surface area (Å²) in [5, 5.41) is 0. The Morgan fingerprint density at radius 1 is 1.18 bits per heavy atom. The van der Waals surface area contributed by atoms with E-state index in [0.717, 1.165) is 12.0 Å². The first-order chi connectivity index (χ1) is 8.19. The summed E-state index contributed by atoms with van der Waals surface area (Å²) in [6.45, 7) is 11.0. The van der Waals surface area contributed by atoms with Crippen molar-refractivity contribution < 1.29 is 0 Å². The van der Waals surface area contributed by atoms with Gasteiger partial charge in [-0.2, -0.15) is 0 Å². The van der Waals surface area contributed by atoms with E-state index in [9.17, 15) is 0 Å². The second kappa shape index (κ2) is 6.17. The van der Waals surface area contributed by atoms with E-state index < -0.39 is 0 Å². The highest BCUT2D eigenvalue weighted by Crippen LogP contribution is 2.25. The van der Waals surface area contributed by atoms with Gasteiger partial charge in [0.05, 0.1) is 0 Å². The van der Waals surface area contributed by atoms with Crippen molar-refractivity contribution in [3.63, 3.8) is 0 Å². The van der Waals surface area contributed by atoms with E-state index in [-0.39, 0.29) is 0 Å². The van der Waals surface area contributed by atoms with E-state index in [2.05, 4.69) is 23.6 Å². The molecule has 1 saturated carbocycles. The van der Waals surface area contributed by atoms with E-state index in [0.29, 0.717) is 6.04 Å². The summed E-state index contributed by atoms with van der Waals surface area (Å²) >= 11 is 0. The van der Waals surface area contributed by atoms with Crippen LogP contribution in [0.1, 0.15) is 39.5 Å². The molecule has 3 nitrogen and oxygen atoms in total. The van der Waals surface area contributed by atoms with E-state index >= 15 is 0 Å². The van der Waals surface area contributed by atoms with E-state index in [1.807, 2.05) is 0 Å². The van der Waals surface area contributed by atoms with Crippen molar-refractivity contribution in [3.8, 4) is 0 Å². The fraction of sp³-hybridized carbons (Fsp3) is 1.00. The fourth-order valence-corrected chi connectivity index (χ4v) is 3.29. The molecule has 1 heterocycles. The summed E-state index contributed by atoms with van der Waals surface area (Å²) in [5.41, 5.74) is 5.98. The van der Waals surface area contributed by atoms with Crippen molar-refractivity contribution in [2.45, 2.75) is 51.6 Å². The number of piperazine rings is 1. The molecule has 2 aliphatic rings. The predicted octanol–water partition coefficient (Wildman–Crippen LogP) is 1.53. The van der Waals surface area contributed by atoms with Crippen molar-refractivity contribution >= 4 is 0 Å². The van der Waals surface area contributed by atoms with Crippen LogP contribution in [0.5, 0.6) is 0 Å². The molecule has 0 spiro atoms. The van der Waals surface area contributed by atoms with Crippen LogP contribution >= 0.6 is 0 Å². The molecule has 1 aliphatic heterocycles. The highest BCUT2D eigenvalue weighted by atomic mass is 15.3. The quantitative estimate of drug-likeness (QED) is 0.807. The molecule has 0 aromatic heterocycles. The minimum atomic E-state index is 0.487. The summed E-state index contributed by atoms with van der Waals surface area (Å²) in [5.74, 6) is 0.875. The zero-order valence-corrected chi connectivity index (χ0v) is 11.6. The van der Waals surface area contributed by atoms with Crippen LogP contribution < -0.4 is 5.73 Å². The number of hydrogen-bond acceptors (Lipinski definition) is 3. The smallest absolute Gasteiger partial charge is 0.0113 e. The number of nitrogens with two attached hydrogens (primary N) is 1. The Balaban J connectivity index is 1.68. The van der Waals surface area contributed by atoms with E-state index in [1.165, 1.54) is 58.4 Å². The molecule has 17 heavy (non-hydrogen) atoms. The Labute approximate surface area is 106 Å². The molecule has 2 fully saturated rings. The van der Waals surface area contributed by atoms with Crippen LogP contribution in [0, 0.1) is 5.92 Å². The van der Waals surface area contributed by atoms with Crippen molar-refractivity contribution in [2.24, 2.45) is 11.7 Å². The monoisotopic (exact) mass is 239 g/mol. The lowest BCUT2D eigenvalue weighted by Gasteiger charge is -2.38. The molecule has 0 aromatic carbocycles. The fourth-order valence-electron chi connectivity index (χ4n) is 3.29. The van der Waals surface area contributed by atoms with Gasteiger partial charge in [-0.3, -0.25) is 4.90 Å². The van der Waals surface area contributed by atoms with Crippen molar-refractivity contribution in [2.75, 3.05) is 32.7 Å². The third-order valence-corrected chi connectivity index (χ3v) is 4.72. The van der Waals surface area contributed by atoms with Gasteiger partial charge in [-0.05, 0) is 38.5 Å². The molecule has 0 aromatic rings. The van der Waals surface area contributed by atoms with Crippen molar-refractivity contribution in [1.29, 1.82) is 0 Å². The molecule has 3 unspecified atom stereocenters. The molecule has 2 N–H and O–H groups in total. The minimum absolute atomic E-state index is 0.487. The molecule has 1 saturated heterocycles. The minimum Gasteiger partial charge on any atom is -0.328 e. The molecular weight excluding hydrogens is 210 g/mol. The second-order valence-corrected chi connectivity index (χ2v) is 6.03. The highest BCUT2D eigenvalue weighted by molar-refractivity contribution is 4.82. The topological polar surface area (TPSA) is 32.5 Å². The largest absolute Gasteiger partial charge is 0.328 e. The summed E-state index contributed by atoms with van der Waals surface area (Å²) in [7, 11) is 0. The first kappa shape index (κ1) is 13.3. The number of hydrogen-bond donors (Lipinski definition) is 1. The van der Waals surface area contributed by atoms with Gasteiger partial charge in [-0.15, -0.1) is 0 Å². The van der Waals surface area contributed by atoms with Gasteiger partial charge in [0.2, 0.25) is 0 Å². The van der Waals surface area contributed by atoms with Gasteiger partial charge in [0.25, 0.3) is 0 Å². The summed E-state index contributed by atoms with van der Waals surface area (Å²) < 4.78 is 0. The Hall–Kier alpha value is -0.120. The van der Waals surface area contributed by atoms with Gasteiger partial charge < -0.3 is 10.6 Å². The summed E-state index contributed by atoms with van der Waals surface area (Å²) in [6, 6.07) is 1.25. The predicted molar refractivity (Wildman–Crippen MR) is 73.1 cm³/mol. The van der Waals surface area contributed by atoms with E-state index in [1.54, 1.807) is 0 Å². The third-order valence-electron chi connectivity index (χ3n) is 4.72. The molecule has 100 valence electrons. The van der Waals surface area contributed by atoms with Gasteiger partial charge in [0, 0.05) is 44.8 Å². The first-order valence-corrected chi connectivity index (χ1v) is 7.41. The van der Waals surface area contributed by atoms with Crippen LogP contribution in [-0.2, 0) is 0 Å². The Bertz CT molecular complexity index is 224. The van der Waals surface area contributed by atoms with Crippen LogP contribution in [0.3, 0.4) is 0 Å².